The lowest BCUT2D eigenvalue weighted by Gasteiger charge is -2.20. The molecule has 0 aliphatic heterocycles. The van der Waals surface area contributed by atoms with Gasteiger partial charge in [0.15, 0.2) is 0 Å². The second-order valence-corrected chi connectivity index (χ2v) is 5.99. The van der Waals surface area contributed by atoms with Crippen LogP contribution in [0, 0.1) is 5.92 Å². The van der Waals surface area contributed by atoms with Crippen LogP contribution >= 0.6 is 0 Å². The Labute approximate surface area is 125 Å². The van der Waals surface area contributed by atoms with Crippen molar-refractivity contribution in [1.82, 2.24) is 15.5 Å². The molecule has 7 nitrogen and oxygen atoms in total. The van der Waals surface area contributed by atoms with Crippen molar-refractivity contribution in [3.63, 3.8) is 0 Å². The first-order valence-electron chi connectivity index (χ1n) is 7.29. The molecule has 3 N–H and O–H groups in total. The Morgan fingerprint density at radius 2 is 1.90 bits per heavy atom. The van der Waals surface area contributed by atoms with Gasteiger partial charge in [0, 0.05) is 13.1 Å². The number of nitrogens with zero attached hydrogens (tertiary/aromatic N) is 1. The highest BCUT2D eigenvalue weighted by molar-refractivity contribution is 5.86. The van der Waals surface area contributed by atoms with Crippen molar-refractivity contribution in [2.24, 2.45) is 5.92 Å². The maximum absolute atomic E-state index is 11.9. The fraction of sp³-hybridized carbons (Fsp3) is 0.786. The largest absolute Gasteiger partial charge is 0.480 e. The van der Waals surface area contributed by atoms with Crippen LogP contribution in [0.4, 0.5) is 0 Å². The molecule has 1 aliphatic carbocycles. The molecule has 1 saturated carbocycles. The Kier molecular flexibility index (Phi) is 6.61. The second kappa shape index (κ2) is 7.97. The van der Waals surface area contributed by atoms with Gasteiger partial charge in [-0.3, -0.25) is 19.7 Å². The molecule has 120 valence electrons. The topological polar surface area (TPSA) is 98.7 Å². The maximum atomic E-state index is 11.9. The molecule has 0 aromatic carbocycles. The summed E-state index contributed by atoms with van der Waals surface area (Å²) in [5.74, 6) is -1.22. The number of likely N-dealkylation sites (N-methyl/N-ethyl adjacent to an activating group) is 1. The van der Waals surface area contributed by atoms with E-state index in [9.17, 15) is 14.4 Å². The Morgan fingerprint density at radius 1 is 1.29 bits per heavy atom. The smallest absolute Gasteiger partial charge is 0.320 e. The van der Waals surface area contributed by atoms with Crippen molar-refractivity contribution in [3.05, 3.63) is 0 Å². The lowest BCUT2D eigenvalue weighted by Crippen LogP contribution is -2.46. The number of carboxylic acid groups (broad SMARTS) is 1. The van der Waals surface area contributed by atoms with Gasteiger partial charge >= 0.3 is 5.97 Å². The zero-order chi connectivity index (χ0) is 16.0. The highest BCUT2D eigenvalue weighted by Gasteiger charge is 2.25. The number of amides is 2. The summed E-state index contributed by atoms with van der Waals surface area (Å²) in [6.45, 7) is 3.76. The molecular weight excluding hydrogens is 274 g/mol. The summed E-state index contributed by atoms with van der Waals surface area (Å²) in [5, 5.41) is 14.6. The molecule has 1 atom stereocenters. The summed E-state index contributed by atoms with van der Waals surface area (Å²) in [6.07, 6.45) is 2.45. The molecule has 0 aromatic rings. The van der Waals surface area contributed by atoms with E-state index in [1.807, 2.05) is 13.8 Å². The van der Waals surface area contributed by atoms with E-state index in [-0.39, 0.29) is 36.9 Å². The van der Waals surface area contributed by atoms with E-state index in [1.54, 1.807) is 0 Å². The van der Waals surface area contributed by atoms with Gasteiger partial charge in [-0.05, 0) is 25.2 Å². The number of hydrogen-bond acceptors (Lipinski definition) is 4. The van der Waals surface area contributed by atoms with E-state index >= 15 is 0 Å². The molecule has 1 rings (SSSR count). The van der Waals surface area contributed by atoms with Crippen LogP contribution in [-0.4, -0.2) is 60.0 Å². The van der Waals surface area contributed by atoms with Crippen molar-refractivity contribution >= 4 is 17.8 Å². The first kappa shape index (κ1) is 17.4. The molecule has 21 heavy (non-hydrogen) atoms. The first-order valence-corrected chi connectivity index (χ1v) is 7.29. The third-order valence-corrected chi connectivity index (χ3v) is 3.25. The third kappa shape index (κ3) is 7.08. The zero-order valence-electron chi connectivity index (χ0n) is 12.9. The van der Waals surface area contributed by atoms with Gasteiger partial charge in [-0.25, -0.2) is 0 Å². The maximum Gasteiger partial charge on any atom is 0.320 e. The minimum absolute atomic E-state index is 0.00106. The van der Waals surface area contributed by atoms with Gasteiger partial charge in [-0.15, -0.1) is 0 Å². The molecule has 1 unspecified atom stereocenters. The van der Waals surface area contributed by atoms with Crippen molar-refractivity contribution < 1.29 is 19.5 Å². The van der Waals surface area contributed by atoms with Crippen molar-refractivity contribution in [1.29, 1.82) is 0 Å². The number of rotatable bonds is 9. The van der Waals surface area contributed by atoms with E-state index in [1.165, 1.54) is 11.9 Å². The van der Waals surface area contributed by atoms with Gasteiger partial charge in [-0.2, -0.15) is 0 Å². The number of carboxylic acids is 1. The number of carbonyl (C=O) groups is 3. The minimum atomic E-state index is -0.967. The number of aliphatic carboxylic acids is 1. The van der Waals surface area contributed by atoms with Crippen LogP contribution in [0.2, 0.25) is 0 Å². The molecule has 0 radical (unpaired) electrons. The minimum Gasteiger partial charge on any atom is -0.480 e. The van der Waals surface area contributed by atoms with E-state index in [0.29, 0.717) is 6.42 Å². The Bertz CT molecular complexity index is 394. The Balaban J connectivity index is 2.32. The van der Waals surface area contributed by atoms with E-state index < -0.39 is 12.0 Å². The predicted molar refractivity (Wildman–Crippen MR) is 77.7 cm³/mol. The van der Waals surface area contributed by atoms with Crippen molar-refractivity contribution in [3.8, 4) is 0 Å². The van der Waals surface area contributed by atoms with Crippen LogP contribution in [0.15, 0.2) is 0 Å². The molecule has 0 bridgehead atoms. The molecule has 0 heterocycles. The summed E-state index contributed by atoms with van der Waals surface area (Å²) >= 11 is 0. The summed E-state index contributed by atoms with van der Waals surface area (Å²) in [6, 6.07) is -0.482. The van der Waals surface area contributed by atoms with Crippen LogP contribution < -0.4 is 10.6 Å². The molecule has 0 spiro atoms. The highest BCUT2D eigenvalue weighted by Crippen LogP contribution is 2.18. The van der Waals surface area contributed by atoms with Crippen LogP contribution in [0.25, 0.3) is 0 Å². The fourth-order valence-corrected chi connectivity index (χ4v) is 1.89. The Morgan fingerprint density at radius 3 is 2.38 bits per heavy atom. The zero-order valence-corrected chi connectivity index (χ0v) is 12.9. The molecule has 0 saturated heterocycles. The van der Waals surface area contributed by atoms with Crippen LogP contribution in [0.5, 0.6) is 0 Å². The SMILES string of the molecule is CC(C)CC(NCC(=O)N(C)CC(=O)NC1CC1)C(=O)O. The number of nitrogens with one attached hydrogen (secondary N) is 2. The van der Waals surface area contributed by atoms with Gasteiger partial charge in [0.2, 0.25) is 11.8 Å². The molecule has 1 fully saturated rings. The summed E-state index contributed by atoms with van der Waals surface area (Å²) in [4.78, 5) is 35.8. The van der Waals surface area contributed by atoms with E-state index in [2.05, 4.69) is 10.6 Å². The lowest BCUT2D eigenvalue weighted by molar-refractivity contribution is -0.140. The summed E-state index contributed by atoms with van der Waals surface area (Å²) in [5.41, 5.74) is 0. The van der Waals surface area contributed by atoms with E-state index in [4.69, 9.17) is 5.11 Å². The molecule has 2 amide bonds. The quantitative estimate of drug-likeness (QED) is 0.548. The first-order chi connectivity index (χ1) is 9.79. The molecular formula is C14H25N3O4. The van der Waals surface area contributed by atoms with Crippen LogP contribution in [0.1, 0.15) is 33.1 Å². The van der Waals surface area contributed by atoms with Gasteiger partial charge in [0.25, 0.3) is 0 Å². The number of carbonyl (C=O) groups excluding carboxylic acids is 2. The molecule has 0 aromatic heterocycles. The fourth-order valence-electron chi connectivity index (χ4n) is 1.89. The molecule has 7 heteroatoms. The summed E-state index contributed by atoms with van der Waals surface area (Å²) in [7, 11) is 1.54. The monoisotopic (exact) mass is 299 g/mol. The average molecular weight is 299 g/mol. The standard InChI is InChI=1S/C14H25N3O4/c1-9(2)6-11(14(20)21)15-7-13(19)17(3)8-12(18)16-10-4-5-10/h9-11,15H,4-8H2,1-3H3,(H,16,18)(H,20,21). The number of hydrogen-bond donors (Lipinski definition) is 3. The van der Waals surface area contributed by atoms with Gasteiger partial charge in [0.05, 0.1) is 13.1 Å². The van der Waals surface area contributed by atoms with Crippen molar-refractivity contribution in [2.75, 3.05) is 20.1 Å². The normalized spacial score (nSPS) is 15.6. The lowest BCUT2D eigenvalue weighted by atomic mass is 10.0. The Hall–Kier alpha value is -1.63. The summed E-state index contributed by atoms with van der Waals surface area (Å²) < 4.78 is 0. The van der Waals surface area contributed by atoms with Gasteiger partial charge < -0.3 is 15.3 Å². The van der Waals surface area contributed by atoms with Crippen molar-refractivity contribution in [2.45, 2.75) is 45.2 Å². The second-order valence-electron chi connectivity index (χ2n) is 5.99. The highest BCUT2D eigenvalue weighted by atomic mass is 16.4. The van der Waals surface area contributed by atoms with Gasteiger partial charge in [0.1, 0.15) is 6.04 Å². The predicted octanol–water partition coefficient (Wildman–Crippen LogP) is -0.188. The molecule has 1 aliphatic rings. The average Bonchev–Trinajstić information content (AvgIpc) is 3.16. The van der Waals surface area contributed by atoms with Crippen LogP contribution in [0.3, 0.4) is 0 Å². The van der Waals surface area contributed by atoms with E-state index in [0.717, 1.165) is 12.8 Å². The van der Waals surface area contributed by atoms with Crippen LogP contribution in [-0.2, 0) is 14.4 Å². The van der Waals surface area contributed by atoms with Gasteiger partial charge in [-0.1, -0.05) is 13.8 Å². The third-order valence-electron chi connectivity index (χ3n) is 3.25.